The Kier molecular flexibility index (Phi) is 5.61. The fraction of sp³-hybridized carbons (Fsp3) is 0.385. The van der Waals surface area contributed by atoms with Gasteiger partial charge in [-0.15, -0.1) is 0 Å². The summed E-state index contributed by atoms with van der Waals surface area (Å²) < 4.78 is 0. The van der Waals surface area contributed by atoms with Crippen LogP contribution in [0.15, 0.2) is 48.2 Å². The number of hydrogen-bond acceptors (Lipinski definition) is 4. The molecule has 31 heavy (non-hydrogen) atoms. The smallest absolute Gasteiger partial charge is 0.278 e. The van der Waals surface area contributed by atoms with Gasteiger partial charge >= 0.3 is 0 Å². The van der Waals surface area contributed by atoms with Gasteiger partial charge in [0.25, 0.3) is 11.8 Å². The molecule has 0 radical (unpaired) electrons. The van der Waals surface area contributed by atoms with Crippen molar-refractivity contribution >= 4 is 23.1 Å². The van der Waals surface area contributed by atoms with Gasteiger partial charge in [-0.2, -0.15) is 0 Å². The monoisotopic (exact) mass is 417 g/mol. The fourth-order valence-electron chi connectivity index (χ4n) is 4.65. The Morgan fingerprint density at radius 2 is 1.42 bits per heavy atom. The van der Waals surface area contributed by atoms with E-state index in [4.69, 9.17) is 0 Å². The average Bonchev–Trinajstić information content (AvgIpc) is 2.98. The van der Waals surface area contributed by atoms with E-state index in [9.17, 15) is 9.59 Å². The first-order chi connectivity index (χ1) is 14.8. The summed E-state index contributed by atoms with van der Waals surface area (Å²) in [5.41, 5.74) is 6.60. The molecule has 5 nitrogen and oxygen atoms in total. The number of aryl methyl sites for hydroxylation is 3. The summed E-state index contributed by atoms with van der Waals surface area (Å²) in [4.78, 5) is 32.7. The first-order valence-electron chi connectivity index (χ1n) is 11.0. The van der Waals surface area contributed by atoms with E-state index in [1.54, 1.807) is 0 Å². The van der Waals surface area contributed by atoms with Gasteiger partial charge in [0.2, 0.25) is 0 Å². The second kappa shape index (κ2) is 8.22. The number of hydrogen-bond donors (Lipinski definition) is 0. The molecule has 1 fully saturated rings. The van der Waals surface area contributed by atoms with Gasteiger partial charge in [0.1, 0.15) is 5.70 Å². The lowest BCUT2D eigenvalue weighted by Gasteiger charge is -2.38. The largest absolute Gasteiger partial charge is 0.368 e. The van der Waals surface area contributed by atoms with Crippen molar-refractivity contribution in [2.45, 2.75) is 40.7 Å². The maximum Gasteiger partial charge on any atom is 0.278 e. The summed E-state index contributed by atoms with van der Waals surface area (Å²) in [5.74, 6) is -0.345. The Bertz CT molecular complexity index is 1060. The Morgan fingerprint density at radius 3 is 2.03 bits per heavy atom. The number of benzene rings is 2. The number of carbonyl (C=O) groups is 2. The van der Waals surface area contributed by atoms with Gasteiger partial charge in [-0.05, 0) is 63.4 Å². The summed E-state index contributed by atoms with van der Waals surface area (Å²) in [7, 11) is 0. The average molecular weight is 418 g/mol. The van der Waals surface area contributed by atoms with Gasteiger partial charge in [-0.1, -0.05) is 35.9 Å². The summed E-state index contributed by atoms with van der Waals surface area (Å²) in [6, 6.07) is 14.4. The molecule has 0 N–H and O–H groups in total. The van der Waals surface area contributed by atoms with Crippen LogP contribution in [0.2, 0.25) is 0 Å². The molecular weight excluding hydrogens is 386 g/mol. The fourth-order valence-corrected chi connectivity index (χ4v) is 4.65. The van der Waals surface area contributed by atoms with Crippen molar-refractivity contribution < 1.29 is 9.59 Å². The van der Waals surface area contributed by atoms with Crippen LogP contribution in [0.4, 0.5) is 5.69 Å². The van der Waals surface area contributed by atoms with Crippen LogP contribution in [0.1, 0.15) is 36.1 Å². The molecule has 2 aliphatic heterocycles. The highest BCUT2D eigenvalue weighted by Gasteiger charge is 2.43. The quantitative estimate of drug-likeness (QED) is 0.708. The minimum atomic E-state index is -0.178. The van der Waals surface area contributed by atoms with E-state index in [2.05, 4.69) is 47.1 Å². The van der Waals surface area contributed by atoms with Crippen LogP contribution >= 0.6 is 0 Å². The third-order valence-corrected chi connectivity index (χ3v) is 6.22. The minimum absolute atomic E-state index is 0.168. The zero-order chi connectivity index (χ0) is 22.3. The molecule has 2 heterocycles. The van der Waals surface area contributed by atoms with Gasteiger partial charge < -0.3 is 9.80 Å². The maximum absolute atomic E-state index is 13.4. The Hall–Kier alpha value is -3.08. The Balaban J connectivity index is 1.68. The molecule has 0 spiro atoms. The van der Waals surface area contributed by atoms with Crippen molar-refractivity contribution in [3.8, 4) is 0 Å². The summed E-state index contributed by atoms with van der Waals surface area (Å²) >= 11 is 0. The molecule has 0 unspecified atom stereocenters. The molecule has 2 aromatic carbocycles. The van der Waals surface area contributed by atoms with Crippen LogP contribution in [0, 0.1) is 20.8 Å². The number of anilines is 1. The predicted octanol–water partition coefficient (Wildman–Crippen LogP) is 3.92. The number of amides is 2. The second-order valence-electron chi connectivity index (χ2n) is 8.93. The summed E-state index contributed by atoms with van der Waals surface area (Å²) in [6.07, 6.45) is 0. The molecule has 4 rings (SSSR count). The molecule has 0 aliphatic carbocycles. The zero-order valence-corrected chi connectivity index (χ0v) is 19.1. The third-order valence-electron chi connectivity index (χ3n) is 6.22. The molecule has 2 aromatic rings. The number of nitrogens with zero attached hydrogens (tertiary/aromatic N) is 3. The molecule has 1 saturated heterocycles. The molecule has 2 amide bonds. The predicted molar refractivity (Wildman–Crippen MR) is 125 cm³/mol. The van der Waals surface area contributed by atoms with Crippen molar-refractivity contribution in [2.75, 3.05) is 31.1 Å². The molecule has 5 heteroatoms. The molecule has 0 bridgehead atoms. The Labute approximate surface area is 184 Å². The second-order valence-corrected chi connectivity index (χ2v) is 8.93. The van der Waals surface area contributed by atoms with Crippen molar-refractivity contribution in [3.63, 3.8) is 0 Å². The number of rotatable bonds is 4. The van der Waals surface area contributed by atoms with E-state index in [-0.39, 0.29) is 17.9 Å². The van der Waals surface area contributed by atoms with Gasteiger partial charge in [0.05, 0.1) is 5.57 Å². The topological polar surface area (TPSA) is 43.9 Å². The van der Waals surface area contributed by atoms with Gasteiger partial charge in [-0.25, -0.2) is 0 Å². The maximum atomic E-state index is 13.4. The first-order valence-corrected chi connectivity index (χ1v) is 11.0. The molecule has 2 aliphatic rings. The molecule has 0 aromatic heterocycles. The first kappa shape index (κ1) is 21.2. The van der Waals surface area contributed by atoms with Crippen LogP contribution in [0.5, 0.6) is 0 Å². The third kappa shape index (κ3) is 3.85. The van der Waals surface area contributed by atoms with E-state index in [1.165, 1.54) is 16.2 Å². The highest BCUT2D eigenvalue weighted by atomic mass is 16.2. The van der Waals surface area contributed by atoms with Gasteiger partial charge in [0.15, 0.2) is 0 Å². The molecule has 0 saturated carbocycles. The highest BCUT2D eigenvalue weighted by Crippen LogP contribution is 2.35. The molecule has 162 valence electrons. The van der Waals surface area contributed by atoms with Crippen LogP contribution in [-0.2, 0) is 9.59 Å². The number of imide groups is 1. The van der Waals surface area contributed by atoms with Crippen molar-refractivity contribution in [1.82, 2.24) is 9.80 Å². The van der Waals surface area contributed by atoms with Crippen molar-refractivity contribution in [2.24, 2.45) is 0 Å². The van der Waals surface area contributed by atoms with Gasteiger partial charge in [0, 0.05) is 37.9 Å². The van der Waals surface area contributed by atoms with Crippen LogP contribution in [0.3, 0.4) is 0 Å². The normalized spacial score (nSPS) is 17.4. The number of carbonyl (C=O) groups excluding carboxylic acids is 2. The lowest BCUT2D eigenvalue weighted by atomic mass is 9.97. The van der Waals surface area contributed by atoms with E-state index in [0.717, 1.165) is 29.8 Å². The molecular formula is C26H31N3O2. The Morgan fingerprint density at radius 1 is 0.774 bits per heavy atom. The van der Waals surface area contributed by atoms with E-state index >= 15 is 0 Å². The van der Waals surface area contributed by atoms with Crippen molar-refractivity contribution in [3.05, 3.63) is 70.4 Å². The summed E-state index contributed by atoms with van der Waals surface area (Å²) in [6.45, 7) is 13.0. The summed E-state index contributed by atoms with van der Waals surface area (Å²) in [5, 5.41) is 0. The molecule has 0 atom stereocenters. The van der Waals surface area contributed by atoms with Crippen molar-refractivity contribution in [1.29, 1.82) is 0 Å². The van der Waals surface area contributed by atoms with E-state index < -0.39 is 0 Å². The van der Waals surface area contributed by atoms with Crippen LogP contribution in [-0.4, -0.2) is 53.8 Å². The minimum Gasteiger partial charge on any atom is -0.368 e. The standard InChI is InChI=1S/C26H31N3O2/c1-17(2)29-25(30)23(22-10-9-19(4)15-20(22)5)24(26(29)31)28-13-11-27(12-14-28)21-8-6-7-18(3)16-21/h6-10,15-17H,11-14H2,1-5H3. The van der Waals surface area contributed by atoms with Gasteiger partial charge in [-0.3, -0.25) is 14.5 Å². The zero-order valence-electron chi connectivity index (χ0n) is 19.1. The highest BCUT2D eigenvalue weighted by molar-refractivity contribution is 6.35. The lowest BCUT2D eigenvalue weighted by Crippen LogP contribution is -2.48. The van der Waals surface area contributed by atoms with Crippen LogP contribution < -0.4 is 4.90 Å². The van der Waals surface area contributed by atoms with Crippen LogP contribution in [0.25, 0.3) is 5.57 Å². The number of piperazine rings is 1. The van der Waals surface area contributed by atoms with E-state index in [1.807, 2.05) is 39.8 Å². The lowest BCUT2D eigenvalue weighted by molar-refractivity contribution is -0.139. The SMILES string of the molecule is Cc1cccc(N2CCN(C3=C(c4ccc(C)cc4C)C(=O)N(C(C)C)C3=O)CC2)c1. The van der Waals surface area contributed by atoms with E-state index in [0.29, 0.717) is 24.4 Å².